The van der Waals surface area contributed by atoms with Crippen LogP contribution in [0.3, 0.4) is 0 Å². The lowest BCUT2D eigenvalue weighted by molar-refractivity contribution is -0.890. The maximum Gasteiger partial charge on any atom is 0.102 e. The molecule has 0 radical (unpaired) electrons. The molecule has 0 aliphatic heterocycles. The average Bonchev–Trinajstić information content (AvgIpc) is 2.03. The first-order valence-electron chi connectivity index (χ1n) is 5.13. The Balaban J connectivity index is 3.50. The molecule has 0 aliphatic carbocycles. The fraction of sp³-hybridized carbons (Fsp3) is 1.00. The van der Waals surface area contributed by atoms with E-state index >= 15 is 0 Å². The first kappa shape index (κ1) is 12.9. The second kappa shape index (κ2) is 6.35. The van der Waals surface area contributed by atoms with Crippen molar-refractivity contribution in [3.8, 4) is 0 Å². The number of quaternary nitrogens is 1. The van der Waals surface area contributed by atoms with Crippen LogP contribution >= 0.6 is 0 Å². The number of likely N-dealkylation sites (N-methyl/N-ethyl adjacent to an activating group) is 1. The third-order valence-corrected chi connectivity index (χ3v) is 2.55. The highest BCUT2D eigenvalue weighted by atomic mass is 16.3. The minimum Gasteiger partial charge on any atom is -0.391 e. The highest BCUT2D eigenvalue weighted by Gasteiger charge is 2.13. The SMILES string of the molecule is CCN(C)CCC[N+](C)(C)CCO. The predicted octanol–water partition coefficient (Wildman–Crippen LogP) is 0.397. The van der Waals surface area contributed by atoms with E-state index in [0.29, 0.717) is 0 Å². The molecule has 0 unspecified atom stereocenters. The summed E-state index contributed by atoms with van der Waals surface area (Å²) < 4.78 is 0.925. The second-order valence-corrected chi connectivity index (χ2v) is 4.36. The van der Waals surface area contributed by atoms with Gasteiger partial charge in [0.1, 0.15) is 6.54 Å². The molecule has 3 nitrogen and oxygen atoms in total. The van der Waals surface area contributed by atoms with Crippen molar-refractivity contribution in [3.63, 3.8) is 0 Å². The number of hydrogen-bond acceptors (Lipinski definition) is 2. The van der Waals surface area contributed by atoms with Crippen LogP contribution in [0.1, 0.15) is 13.3 Å². The summed E-state index contributed by atoms with van der Waals surface area (Å²) in [6, 6.07) is 0. The van der Waals surface area contributed by atoms with E-state index in [1.807, 2.05) is 0 Å². The van der Waals surface area contributed by atoms with Crippen molar-refractivity contribution in [2.45, 2.75) is 13.3 Å². The van der Waals surface area contributed by atoms with Crippen LogP contribution in [0.25, 0.3) is 0 Å². The molecule has 0 atom stereocenters. The van der Waals surface area contributed by atoms with Gasteiger partial charge in [-0.05, 0) is 13.6 Å². The van der Waals surface area contributed by atoms with Gasteiger partial charge < -0.3 is 14.5 Å². The van der Waals surface area contributed by atoms with Crippen LogP contribution in [0.15, 0.2) is 0 Å². The fourth-order valence-corrected chi connectivity index (χ4v) is 1.31. The molecule has 0 saturated heterocycles. The van der Waals surface area contributed by atoms with Gasteiger partial charge in [-0.2, -0.15) is 0 Å². The van der Waals surface area contributed by atoms with Crippen LogP contribution in [0.4, 0.5) is 0 Å². The first-order valence-corrected chi connectivity index (χ1v) is 5.13. The van der Waals surface area contributed by atoms with Gasteiger partial charge in [-0.25, -0.2) is 0 Å². The normalized spacial score (nSPS) is 12.5. The predicted molar refractivity (Wildman–Crippen MR) is 56.7 cm³/mol. The summed E-state index contributed by atoms with van der Waals surface area (Å²) in [5.74, 6) is 0. The van der Waals surface area contributed by atoms with E-state index in [2.05, 4.69) is 33.0 Å². The van der Waals surface area contributed by atoms with Crippen LogP contribution in [-0.4, -0.2) is 68.4 Å². The Labute approximate surface area is 82.5 Å². The zero-order valence-corrected chi connectivity index (χ0v) is 9.58. The van der Waals surface area contributed by atoms with E-state index < -0.39 is 0 Å². The summed E-state index contributed by atoms with van der Waals surface area (Å²) in [6.45, 7) is 6.74. The van der Waals surface area contributed by atoms with Crippen molar-refractivity contribution in [3.05, 3.63) is 0 Å². The molecule has 0 spiro atoms. The van der Waals surface area contributed by atoms with Crippen LogP contribution in [-0.2, 0) is 0 Å². The largest absolute Gasteiger partial charge is 0.391 e. The van der Waals surface area contributed by atoms with Crippen LogP contribution in [0.5, 0.6) is 0 Å². The van der Waals surface area contributed by atoms with Crippen molar-refractivity contribution < 1.29 is 9.59 Å². The van der Waals surface area contributed by atoms with Crippen molar-refractivity contribution in [2.75, 3.05) is 53.9 Å². The van der Waals surface area contributed by atoms with E-state index in [0.717, 1.165) is 30.7 Å². The molecule has 0 fully saturated rings. The van der Waals surface area contributed by atoms with E-state index in [1.54, 1.807) is 0 Å². The van der Waals surface area contributed by atoms with E-state index in [1.165, 1.54) is 6.42 Å². The number of aliphatic hydroxyl groups is 1. The highest BCUT2D eigenvalue weighted by molar-refractivity contribution is 4.47. The standard InChI is InChI=1S/C10H25N2O/c1-5-11(2)7-6-8-12(3,4)9-10-13/h13H,5-10H2,1-4H3/q+1. The van der Waals surface area contributed by atoms with Gasteiger partial charge in [0.05, 0.1) is 27.2 Å². The lowest BCUT2D eigenvalue weighted by Gasteiger charge is -2.29. The Kier molecular flexibility index (Phi) is 6.29. The first-order chi connectivity index (χ1) is 6.02. The third kappa shape index (κ3) is 6.99. The summed E-state index contributed by atoms with van der Waals surface area (Å²) in [4.78, 5) is 2.32. The summed E-state index contributed by atoms with van der Waals surface area (Å²) in [5, 5.41) is 8.83. The maximum absolute atomic E-state index is 8.83. The fourth-order valence-electron chi connectivity index (χ4n) is 1.31. The van der Waals surface area contributed by atoms with Crippen molar-refractivity contribution in [2.24, 2.45) is 0 Å². The molecule has 0 rings (SSSR count). The second-order valence-electron chi connectivity index (χ2n) is 4.36. The molecule has 0 aromatic carbocycles. The Bertz CT molecular complexity index is 126. The van der Waals surface area contributed by atoms with Crippen molar-refractivity contribution >= 4 is 0 Å². The van der Waals surface area contributed by atoms with Crippen LogP contribution in [0, 0.1) is 0 Å². The molecular weight excluding hydrogens is 164 g/mol. The monoisotopic (exact) mass is 189 g/mol. The van der Waals surface area contributed by atoms with Gasteiger partial charge in [0.25, 0.3) is 0 Å². The number of rotatable bonds is 7. The topological polar surface area (TPSA) is 23.5 Å². The molecule has 0 bridgehead atoms. The molecule has 0 aromatic heterocycles. The van der Waals surface area contributed by atoms with Crippen LogP contribution < -0.4 is 0 Å². The van der Waals surface area contributed by atoms with E-state index in [4.69, 9.17) is 5.11 Å². The number of nitrogens with zero attached hydrogens (tertiary/aromatic N) is 2. The number of hydrogen-bond donors (Lipinski definition) is 1. The van der Waals surface area contributed by atoms with E-state index in [-0.39, 0.29) is 6.61 Å². The summed E-state index contributed by atoms with van der Waals surface area (Å²) in [5.41, 5.74) is 0. The minimum atomic E-state index is 0.288. The molecule has 1 N–H and O–H groups in total. The molecule has 0 aliphatic rings. The molecule has 80 valence electrons. The maximum atomic E-state index is 8.83. The lowest BCUT2D eigenvalue weighted by Crippen LogP contribution is -2.43. The average molecular weight is 189 g/mol. The summed E-state index contributed by atoms with van der Waals surface area (Å²) in [6.07, 6.45) is 1.21. The molecule has 0 amide bonds. The summed E-state index contributed by atoms with van der Waals surface area (Å²) in [7, 11) is 6.48. The molecule has 0 saturated carbocycles. The zero-order chi connectivity index (χ0) is 10.3. The van der Waals surface area contributed by atoms with Gasteiger partial charge in [-0.1, -0.05) is 6.92 Å². The van der Waals surface area contributed by atoms with Gasteiger partial charge in [0.2, 0.25) is 0 Å². The highest BCUT2D eigenvalue weighted by Crippen LogP contribution is 1.99. The minimum absolute atomic E-state index is 0.288. The van der Waals surface area contributed by atoms with Gasteiger partial charge in [0.15, 0.2) is 0 Å². The lowest BCUT2D eigenvalue weighted by atomic mass is 10.3. The molecule has 0 heterocycles. The zero-order valence-electron chi connectivity index (χ0n) is 9.58. The van der Waals surface area contributed by atoms with Crippen molar-refractivity contribution in [1.29, 1.82) is 0 Å². The van der Waals surface area contributed by atoms with Gasteiger partial charge >= 0.3 is 0 Å². The Morgan fingerprint density at radius 1 is 1.23 bits per heavy atom. The van der Waals surface area contributed by atoms with Crippen LogP contribution in [0.2, 0.25) is 0 Å². The molecule has 13 heavy (non-hydrogen) atoms. The third-order valence-electron chi connectivity index (χ3n) is 2.55. The Morgan fingerprint density at radius 3 is 2.31 bits per heavy atom. The van der Waals surface area contributed by atoms with E-state index in [9.17, 15) is 0 Å². The number of aliphatic hydroxyl groups excluding tert-OH is 1. The Morgan fingerprint density at radius 2 is 1.85 bits per heavy atom. The quantitative estimate of drug-likeness (QED) is 0.586. The van der Waals surface area contributed by atoms with Crippen molar-refractivity contribution in [1.82, 2.24) is 4.90 Å². The Hall–Kier alpha value is -0.120. The smallest absolute Gasteiger partial charge is 0.102 e. The van der Waals surface area contributed by atoms with Gasteiger partial charge in [0, 0.05) is 13.0 Å². The molecule has 0 aromatic rings. The molecule has 3 heteroatoms. The molecular formula is C10H25N2O+. The van der Waals surface area contributed by atoms with Gasteiger partial charge in [-0.15, -0.1) is 0 Å². The summed E-state index contributed by atoms with van der Waals surface area (Å²) >= 11 is 0. The van der Waals surface area contributed by atoms with Gasteiger partial charge in [-0.3, -0.25) is 0 Å².